The number of nitrogens with zero attached hydrogens (tertiary/aromatic N) is 3. The van der Waals surface area contributed by atoms with Crippen LogP contribution in [-0.2, 0) is 9.53 Å². The van der Waals surface area contributed by atoms with E-state index in [2.05, 4.69) is 25.7 Å². The molecule has 0 spiro atoms. The highest BCUT2D eigenvalue weighted by atomic mass is 19.1. The highest BCUT2D eigenvalue weighted by Gasteiger charge is 2.46. The number of likely N-dealkylation sites (tertiary alicyclic amines) is 1. The number of amides is 2. The topological polar surface area (TPSA) is 53.1 Å². The van der Waals surface area contributed by atoms with Gasteiger partial charge in [-0.3, -0.25) is 9.69 Å². The molecule has 0 aromatic heterocycles. The largest absolute Gasteiger partial charge is 0.444 e. The van der Waals surface area contributed by atoms with E-state index in [1.807, 2.05) is 39.5 Å². The molecular weight excluding hydrogens is 421 g/mol. The van der Waals surface area contributed by atoms with Gasteiger partial charge in [0.25, 0.3) is 0 Å². The predicted molar refractivity (Wildman–Crippen MR) is 128 cm³/mol. The highest BCUT2D eigenvalue weighted by Crippen LogP contribution is 2.38. The van der Waals surface area contributed by atoms with E-state index >= 15 is 0 Å². The Balaban J connectivity index is 1.80. The molecule has 2 unspecified atom stereocenters. The predicted octanol–water partition coefficient (Wildman–Crippen LogP) is 4.50. The Hall–Kier alpha value is -2.15. The Bertz CT molecular complexity index is 859. The van der Waals surface area contributed by atoms with E-state index in [0.29, 0.717) is 19.6 Å². The zero-order chi connectivity index (χ0) is 24.7. The quantitative estimate of drug-likeness (QED) is 0.651. The van der Waals surface area contributed by atoms with Crippen LogP contribution in [-0.4, -0.2) is 76.1 Å². The molecule has 3 rings (SSSR count). The van der Waals surface area contributed by atoms with Crippen LogP contribution in [0.15, 0.2) is 24.3 Å². The fourth-order valence-electron chi connectivity index (χ4n) is 4.87. The van der Waals surface area contributed by atoms with E-state index in [-0.39, 0.29) is 47.3 Å². The molecule has 7 heteroatoms. The summed E-state index contributed by atoms with van der Waals surface area (Å²) in [5.41, 5.74) is 0.367. The van der Waals surface area contributed by atoms with E-state index in [9.17, 15) is 14.0 Å². The van der Waals surface area contributed by atoms with Crippen molar-refractivity contribution in [2.75, 3.05) is 26.2 Å². The van der Waals surface area contributed by atoms with Gasteiger partial charge >= 0.3 is 6.09 Å². The molecule has 2 saturated heterocycles. The fourth-order valence-corrected chi connectivity index (χ4v) is 4.87. The molecule has 0 bridgehead atoms. The molecule has 0 aliphatic carbocycles. The van der Waals surface area contributed by atoms with Crippen molar-refractivity contribution in [1.82, 2.24) is 14.7 Å². The van der Waals surface area contributed by atoms with Crippen LogP contribution in [0.3, 0.4) is 0 Å². The second-order valence-electron chi connectivity index (χ2n) is 11.7. The van der Waals surface area contributed by atoms with Gasteiger partial charge in [-0.05, 0) is 73.1 Å². The Morgan fingerprint density at radius 1 is 0.879 bits per heavy atom. The summed E-state index contributed by atoms with van der Waals surface area (Å²) in [7, 11) is 0. The third kappa shape index (κ3) is 5.86. The number of halogens is 1. The van der Waals surface area contributed by atoms with Crippen molar-refractivity contribution in [3.05, 3.63) is 35.6 Å². The van der Waals surface area contributed by atoms with Crippen LogP contribution in [0.25, 0.3) is 0 Å². The van der Waals surface area contributed by atoms with Crippen molar-refractivity contribution in [3.8, 4) is 0 Å². The zero-order valence-electron chi connectivity index (χ0n) is 21.4. The van der Waals surface area contributed by atoms with Crippen LogP contribution in [0, 0.1) is 11.7 Å². The summed E-state index contributed by atoms with van der Waals surface area (Å²) >= 11 is 0. The number of carbonyl (C=O) groups is 2. The van der Waals surface area contributed by atoms with E-state index < -0.39 is 5.60 Å². The standard InChI is InChI=1S/C26H40FN3O3/c1-17-14-30(24(32)33-26(6,7)8)18(2)13-29(17)23(31)22-16-28(25(3,4)5)15-21(22)19-9-11-20(27)12-10-19/h9-12,17-18,21-22H,13-16H2,1-8H3/t17-,18+,21?,22?/m0/s1. The zero-order valence-corrected chi connectivity index (χ0v) is 21.4. The van der Waals surface area contributed by atoms with Gasteiger partial charge in [-0.1, -0.05) is 12.1 Å². The summed E-state index contributed by atoms with van der Waals surface area (Å²) in [5, 5.41) is 0. The Morgan fingerprint density at radius 3 is 1.97 bits per heavy atom. The number of hydrogen-bond acceptors (Lipinski definition) is 4. The van der Waals surface area contributed by atoms with Gasteiger partial charge in [-0.15, -0.1) is 0 Å². The van der Waals surface area contributed by atoms with Gasteiger partial charge in [0.2, 0.25) is 5.91 Å². The van der Waals surface area contributed by atoms with Crippen LogP contribution in [0.5, 0.6) is 0 Å². The van der Waals surface area contributed by atoms with Gasteiger partial charge in [0.05, 0.1) is 5.92 Å². The summed E-state index contributed by atoms with van der Waals surface area (Å²) in [6, 6.07) is 6.31. The Labute approximate surface area is 198 Å². The van der Waals surface area contributed by atoms with Gasteiger partial charge < -0.3 is 14.5 Å². The van der Waals surface area contributed by atoms with Crippen LogP contribution >= 0.6 is 0 Å². The minimum absolute atomic E-state index is 0.00344. The Kier molecular flexibility index (Phi) is 7.13. The summed E-state index contributed by atoms with van der Waals surface area (Å²) in [5.74, 6) is -0.367. The number of hydrogen-bond donors (Lipinski definition) is 0. The second-order valence-corrected chi connectivity index (χ2v) is 11.7. The maximum absolute atomic E-state index is 13.9. The molecule has 6 nitrogen and oxygen atoms in total. The maximum atomic E-state index is 13.9. The fraction of sp³-hybridized carbons (Fsp3) is 0.692. The lowest BCUT2D eigenvalue weighted by molar-refractivity contribution is -0.141. The SMILES string of the molecule is C[C@@H]1CN(C(=O)C2CN(C(C)(C)C)CC2c2ccc(F)cc2)[C@@H](C)CN1C(=O)OC(C)(C)C. The number of ether oxygens (including phenoxy) is 1. The van der Waals surface area contributed by atoms with E-state index in [0.717, 1.165) is 12.1 Å². The summed E-state index contributed by atoms with van der Waals surface area (Å²) in [4.78, 5) is 32.6. The molecule has 2 amide bonds. The van der Waals surface area contributed by atoms with E-state index in [4.69, 9.17) is 4.74 Å². The lowest BCUT2D eigenvalue weighted by Gasteiger charge is -2.45. The van der Waals surface area contributed by atoms with Crippen molar-refractivity contribution >= 4 is 12.0 Å². The van der Waals surface area contributed by atoms with Gasteiger partial charge in [0, 0.05) is 49.7 Å². The molecule has 1 aromatic rings. The molecule has 0 N–H and O–H groups in total. The van der Waals surface area contributed by atoms with Crippen molar-refractivity contribution in [1.29, 1.82) is 0 Å². The third-order valence-electron chi connectivity index (χ3n) is 6.78. The highest BCUT2D eigenvalue weighted by molar-refractivity contribution is 5.81. The first-order chi connectivity index (χ1) is 15.2. The lowest BCUT2D eigenvalue weighted by atomic mass is 9.87. The monoisotopic (exact) mass is 461 g/mol. The molecule has 2 heterocycles. The van der Waals surface area contributed by atoms with Gasteiger partial charge in [-0.2, -0.15) is 0 Å². The van der Waals surface area contributed by atoms with Crippen LogP contribution in [0.4, 0.5) is 9.18 Å². The molecule has 0 saturated carbocycles. The molecule has 184 valence electrons. The number of carbonyl (C=O) groups excluding carboxylic acids is 2. The van der Waals surface area contributed by atoms with Gasteiger partial charge in [0.1, 0.15) is 11.4 Å². The van der Waals surface area contributed by atoms with Crippen molar-refractivity contribution in [2.45, 2.75) is 84.5 Å². The third-order valence-corrected chi connectivity index (χ3v) is 6.78. The average molecular weight is 462 g/mol. The summed E-state index contributed by atoms with van der Waals surface area (Å²) in [6.07, 6.45) is -0.335. The first-order valence-corrected chi connectivity index (χ1v) is 12.0. The van der Waals surface area contributed by atoms with Crippen molar-refractivity contribution in [2.24, 2.45) is 5.92 Å². The smallest absolute Gasteiger partial charge is 0.410 e. The molecular formula is C26H40FN3O3. The minimum atomic E-state index is -0.560. The van der Waals surface area contributed by atoms with Crippen LogP contribution in [0.1, 0.15) is 66.9 Å². The lowest BCUT2D eigenvalue weighted by Crippen LogP contribution is -2.61. The molecule has 4 atom stereocenters. The number of benzene rings is 1. The number of rotatable bonds is 2. The normalized spacial score (nSPS) is 27.1. The Morgan fingerprint density at radius 2 is 1.42 bits per heavy atom. The molecule has 2 aliphatic heterocycles. The van der Waals surface area contributed by atoms with Crippen molar-refractivity contribution < 1.29 is 18.7 Å². The average Bonchev–Trinajstić information content (AvgIpc) is 3.14. The van der Waals surface area contributed by atoms with Crippen LogP contribution < -0.4 is 0 Å². The molecule has 2 fully saturated rings. The molecule has 1 aromatic carbocycles. The van der Waals surface area contributed by atoms with E-state index in [1.54, 1.807) is 17.0 Å². The van der Waals surface area contributed by atoms with Crippen molar-refractivity contribution in [3.63, 3.8) is 0 Å². The van der Waals surface area contributed by atoms with Crippen LogP contribution in [0.2, 0.25) is 0 Å². The molecule has 2 aliphatic rings. The summed E-state index contributed by atoms with van der Waals surface area (Å²) < 4.78 is 19.1. The molecule has 0 radical (unpaired) electrons. The van der Waals surface area contributed by atoms with E-state index in [1.165, 1.54) is 12.1 Å². The molecule has 33 heavy (non-hydrogen) atoms. The first kappa shape index (κ1) is 25.5. The maximum Gasteiger partial charge on any atom is 0.410 e. The van der Waals surface area contributed by atoms with Gasteiger partial charge in [0.15, 0.2) is 0 Å². The van der Waals surface area contributed by atoms with Gasteiger partial charge in [-0.25, -0.2) is 9.18 Å². The minimum Gasteiger partial charge on any atom is -0.444 e. The first-order valence-electron chi connectivity index (χ1n) is 12.0. The summed E-state index contributed by atoms with van der Waals surface area (Å²) in [6.45, 7) is 18.3. The second kappa shape index (κ2) is 9.24. The number of piperazine rings is 1.